The van der Waals surface area contributed by atoms with Gasteiger partial charge in [0.05, 0.1) is 26.2 Å². The van der Waals surface area contributed by atoms with E-state index in [4.69, 9.17) is 9.47 Å². The first-order valence-electron chi connectivity index (χ1n) is 8.63. The molecule has 0 bridgehead atoms. The van der Waals surface area contributed by atoms with Crippen molar-refractivity contribution >= 4 is 11.7 Å². The molecule has 0 amide bonds. The van der Waals surface area contributed by atoms with Crippen molar-refractivity contribution in [1.82, 2.24) is 0 Å². The minimum absolute atomic E-state index is 0.0429. The van der Waals surface area contributed by atoms with Crippen molar-refractivity contribution in [3.8, 4) is 11.5 Å². The van der Waals surface area contributed by atoms with E-state index in [0.29, 0.717) is 5.75 Å². The lowest BCUT2D eigenvalue weighted by Crippen LogP contribution is -2.30. The zero-order valence-corrected chi connectivity index (χ0v) is 14.7. The highest BCUT2D eigenvalue weighted by Gasteiger charge is 2.39. The molecule has 134 valence electrons. The van der Waals surface area contributed by atoms with Crippen molar-refractivity contribution in [1.29, 1.82) is 0 Å². The van der Waals surface area contributed by atoms with Gasteiger partial charge in [0.25, 0.3) is 0 Å². The van der Waals surface area contributed by atoms with Gasteiger partial charge in [0.1, 0.15) is 0 Å². The molecule has 0 saturated carbocycles. The second-order valence-electron chi connectivity index (χ2n) is 6.65. The fourth-order valence-electron chi connectivity index (χ4n) is 4.19. The second kappa shape index (κ2) is 6.41. The van der Waals surface area contributed by atoms with E-state index in [0.717, 1.165) is 29.0 Å². The van der Waals surface area contributed by atoms with Crippen LogP contribution < -0.4 is 19.9 Å². The summed E-state index contributed by atoms with van der Waals surface area (Å²) in [6.07, 6.45) is 5.25. The SMILES string of the molecule is COc1cccc([C@H]2Nc3ccc(C(=O)[O-])cc3[C@@H]3C=CC[C@@H]23)c1OC. The molecule has 4 rings (SSSR count). The van der Waals surface area contributed by atoms with Gasteiger partial charge in [0.15, 0.2) is 11.5 Å². The van der Waals surface area contributed by atoms with Crippen LogP contribution in [0.15, 0.2) is 48.6 Å². The van der Waals surface area contributed by atoms with Gasteiger partial charge in [-0.2, -0.15) is 0 Å². The van der Waals surface area contributed by atoms with Crippen molar-refractivity contribution in [3.63, 3.8) is 0 Å². The first kappa shape index (κ1) is 16.5. The maximum Gasteiger partial charge on any atom is 0.165 e. The van der Waals surface area contributed by atoms with Crippen LogP contribution in [0.1, 0.15) is 39.9 Å². The molecule has 2 aromatic carbocycles. The summed E-state index contributed by atoms with van der Waals surface area (Å²) in [5.41, 5.74) is 3.20. The van der Waals surface area contributed by atoms with Crippen LogP contribution in [0.4, 0.5) is 5.69 Å². The lowest BCUT2D eigenvalue weighted by atomic mass is 9.76. The Morgan fingerprint density at radius 2 is 2.00 bits per heavy atom. The van der Waals surface area contributed by atoms with Crippen LogP contribution in [0.3, 0.4) is 0 Å². The molecule has 0 saturated heterocycles. The molecule has 5 heteroatoms. The van der Waals surface area contributed by atoms with Gasteiger partial charge >= 0.3 is 0 Å². The van der Waals surface area contributed by atoms with Gasteiger partial charge in [0, 0.05) is 17.2 Å². The summed E-state index contributed by atoms with van der Waals surface area (Å²) < 4.78 is 11.1. The molecule has 2 aliphatic rings. The number of hydrogen-bond donors (Lipinski definition) is 1. The number of aromatic carboxylic acids is 1. The van der Waals surface area contributed by atoms with Crippen LogP contribution in [0.25, 0.3) is 0 Å². The lowest BCUT2D eigenvalue weighted by Gasteiger charge is -2.38. The van der Waals surface area contributed by atoms with Crippen molar-refractivity contribution in [2.75, 3.05) is 19.5 Å². The molecule has 2 aromatic rings. The van der Waals surface area contributed by atoms with Gasteiger partial charge in [-0.05, 0) is 41.7 Å². The quantitative estimate of drug-likeness (QED) is 0.859. The van der Waals surface area contributed by atoms with E-state index in [2.05, 4.69) is 23.5 Å². The van der Waals surface area contributed by atoms with E-state index in [9.17, 15) is 9.90 Å². The van der Waals surface area contributed by atoms with Crippen molar-refractivity contribution in [2.45, 2.75) is 18.4 Å². The molecule has 0 fully saturated rings. The summed E-state index contributed by atoms with van der Waals surface area (Å²) >= 11 is 0. The van der Waals surface area contributed by atoms with Crippen molar-refractivity contribution < 1.29 is 19.4 Å². The minimum atomic E-state index is -1.15. The molecule has 1 heterocycles. The first-order valence-corrected chi connectivity index (χ1v) is 8.63. The first-order chi connectivity index (χ1) is 12.6. The van der Waals surface area contributed by atoms with Gasteiger partial charge in [-0.25, -0.2) is 0 Å². The Kier molecular flexibility index (Phi) is 4.07. The number of ether oxygens (including phenoxy) is 2. The number of methoxy groups -OCH3 is 2. The molecule has 0 aromatic heterocycles. The predicted octanol–water partition coefficient (Wildman–Crippen LogP) is 2.89. The third-order valence-electron chi connectivity index (χ3n) is 5.37. The molecule has 1 aliphatic heterocycles. The summed E-state index contributed by atoms with van der Waals surface area (Å²) in [4.78, 5) is 11.2. The Morgan fingerprint density at radius 3 is 2.73 bits per heavy atom. The van der Waals surface area contributed by atoms with Gasteiger partial charge in [-0.1, -0.05) is 30.4 Å². The van der Waals surface area contributed by atoms with Crippen molar-refractivity contribution in [3.05, 3.63) is 65.2 Å². The highest BCUT2D eigenvalue weighted by atomic mass is 16.5. The third kappa shape index (κ3) is 2.51. The monoisotopic (exact) mass is 350 g/mol. The Balaban J connectivity index is 1.81. The topological polar surface area (TPSA) is 70.6 Å². The second-order valence-corrected chi connectivity index (χ2v) is 6.65. The van der Waals surface area contributed by atoms with Crippen LogP contribution >= 0.6 is 0 Å². The fraction of sp³-hybridized carbons (Fsp3) is 0.286. The summed E-state index contributed by atoms with van der Waals surface area (Å²) in [7, 11) is 3.28. The highest BCUT2D eigenvalue weighted by Crippen LogP contribution is 2.52. The average molecular weight is 350 g/mol. The maximum absolute atomic E-state index is 11.2. The molecule has 0 unspecified atom stereocenters. The number of nitrogens with one attached hydrogen (secondary N) is 1. The molecule has 1 N–H and O–H groups in total. The lowest BCUT2D eigenvalue weighted by molar-refractivity contribution is -0.255. The van der Waals surface area contributed by atoms with Crippen LogP contribution in [-0.4, -0.2) is 20.2 Å². The number of carbonyl (C=O) groups excluding carboxylic acids is 1. The number of carboxylic acids is 1. The van der Waals surface area contributed by atoms with E-state index in [-0.39, 0.29) is 23.4 Å². The molecule has 1 aliphatic carbocycles. The van der Waals surface area contributed by atoms with Crippen molar-refractivity contribution in [2.24, 2.45) is 5.92 Å². The molecule has 0 spiro atoms. The predicted molar refractivity (Wildman–Crippen MR) is 96.7 cm³/mol. The maximum atomic E-state index is 11.2. The Hall–Kier alpha value is -2.95. The van der Waals surface area contributed by atoms with E-state index in [1.807, 2.05) is 18.2 Å². The number of hydrogen-bond acceptors (Lipinski definition) is 5. The van der Waals surface area contributed by atoms with Crippen LogP contribution in [0, 0.1) is 5.92 Å². The van der Waals surface area contributed by atoms with Gasteiger partial charge < -0.3 is 24.7 Å². The Labute approximate surface area is 152 Å². The molecule has 5 nitrogen and oxygen atoms in total. The Bertz CT molecular complexity index is 890. The van der Waals surface area contributed by atoms with Crippen LogP contribution in [-0.2, 0) is 0 Å². The smallest absolute Gasteiger partial charge is 0.165 e. The van der Waals surface area contributed by atoms with Crippen LogP contribution in [0.5, 0.6) is 11.5 Å². The standard InChI is InChI=1S/C21H21NO4/c1-25-18-8-4-7-15(20(18)26-2)19-14-6-3-5-13(14)16-11-12(21(23)24)9-10-17(16)22-19/h3-5,7-11,13-14,19,22H,6H2,1-2H3,(H,23,24)/p-1/t13-,14-,19+/m1/s1. The molecule has 26 heavy (non-hydrogen) atoms. The van der Waals surface area contributed by atoms with Gasteiger partial charge in [-0.15, -0.1) is 0 Å². The summed E-state index contributed by atoms with van der Waals surface area (Å²) in [5, 5.41) is 14.8. The number of carbonyl (C=O) groups is 1. The number of carboxylic acid groups (broad SMARTS) is 1. The summed E-state index contributed by atoms with van der Waals surface area (Å²) in [6.45, 7) is 0. The molecular weight excluding hydrogens is 330 g/mol. The molecule has 3 atom stereocenters. The van der Waals surface area contributed by atoms with Crippen LogP contribution in [0.2, 0.25) is 0 Å². The normalized spacial score (nSPS) is 22.9. The zero-order chi connectivity index (χ0) is 18.3. The van der Waals surface area contributed by atoms with E-state index in [1.165, 1.54) is 0 Å². The van der Waals surface area contributed by atoms with E-state index >= 15 is 0 Å². The zero-order valence-electron chi connectivity index (χ0n) is 14.7. The number of para-hydroxylation sites is 1. The molecular formula is C21H20NO4-. The third-order valence-corrected chi connectivity index (χ3v) is 5.37. The number of benzene rings is 2. The number of rotatable bonds is 4. The van der Waals surface area contributed by atoms with E-state index in [1.54, 1.807) is 26.4 Å². The number of allylic oxidation sites excluding steroid dienone is 2. The van der Waals surface area contributed by atoms with Gasteiger partial charge in [0.2, 0.25) is 0 Å². The summed E-state index contributed by atoms with van der Waals surface area (Å²) in [6, 6.07) is 11.1. The number of anilines is 1. The minimum Gasteiger partial charge on any atom is -0.545 e. The highest BCUT2D eigenvalue weighted by molar-refractivity contribution is 5.87. The largest absolute Gasteiger partial charge is 0.545 e. The Morgan fingerprint density at radius 1 is 1.15 bits per heavy atom. The average Bonchev–Trinajstić information content (AvgIpc) is 3.16. The molecule has 0 radical (unpaired) electrons. The fourth-order valence-corrected chi connectivity index (χ4v) is 4.19. The number of fused-ring (bicyclic) bond motifs is 3. The van der Waals surface area contributed by atoms with E-state index < -0.39 is 5.97 Å². The van der Waals surface area contributed by atoms with Gasteiger partial charge in [-0.3, -0.25) is 0 Å². The summed E-state index contributed by atoms with van der Waals surface area (Å²) in [5.74, 6) is 0.718.